The van der Waals surface area contributed by atoms with E-state index in [1.807, 2.05) is 0 Å². The third-order valence-corrected chi connectivity index (χ3v) is 12.1. The first-order valence-electron chi connectivity index (χ1n) is 20.9. The average molecular weight is 706 g/mol. The second-order valence-electron chi connectivity index (χ2n) is 15.1. The van der Waals surface area contributed by atoms with Crippen molar-refractivity contribution in [2.24, 2.45) is 0 Å². The van der Waals surface area contributed by atoms with Crippen molar-refractivity contribution in [3.63, 3.8) is 0 Å². The van der Waals surface area contributed by atoms with Gasteiger partial charge in [0.1, 0.15) is 0 Å². The first-order valence-corrected chi connectivity index (χ1v) is 20.9. The molecule has 3 heteroatoms. The zero-order chi connectivity index (χ0) is 36.9. The fourth-order valence-corrected chi connectivity index (χ4v) is 8.80. The molecule has 1 aliphatic rings. The number of rotatable bonds is 21. The second kappa shape index (κ2) is 19.3. The molecule has 0 bridgehead atoms. The Hall–Kier alpha value is -4.05. The molecular weight excluding hydrogens is 643 g/mol. The van der Waals surface area contributed by atoms with Crippen molar-refractivity contribution >= 4 is 0 Å². The van der Waals surface area contributed by atoms with Gasteiger partial charge in [0, 0.05) is 22.7 Å². The van der Waals surface area contributed by atoms with E-state index in [4.69, 9.17) is 4.98 Å². The van der Waals surface area contributed by atoms with Crippen LogP contribution in [0.1, 0.15) is 103 Å². The van der Waals surface area contributed by atoms with Gasteiger partial charge in [-0.3, -0.25) is 4.98 Å². The van der Waals surface area contributed by atoms with Crippen molar-refractivity contribution in [1.82, 2.24) is 14.8 Å². The molecule has 0 amide bonds. The minimum absolute atomic E-state index is 0.000615. The van der Waals surface area contributed by atoms with Gasteiger partial charge in [0.15, 0.2) is 0 Å². The number of pyridine rings is 1. The third kappa shape index (κ3) is 9.37. The highest BCUT2D eigenvalue weighted by Crippen LogP contribution is 2.55. The lowest BCUT2D eigenvalue weighted by atomic mass is 9.70. The first kappa shape index (κ1) is 38.7. The van der Waals surface area contributed by atoms with E-state index in [1.54, 1.807) is 5.56 Å². The topological polar surface area (TPSA) is 19.4 Å². The summed E-state index contributed by atoms with van der Waals surface area (Å²) < 4.78 is 0. The minimum atomic E-state index is 0.000615. The van der Waals surface area contributed by atoms with Crippen LogP contribution in [0, 0.1) is 0 Å². The van der Waals surface area contributed by atoms with E-state index in [1.165, 1.54) is 116 Å². The molecule has 6 rings (SSSR count). The van der Waals surface area contributed by atoms with E-state index >= 15 is 0 Å². The molecule has 0 N–H and O–H groups in total. The van der Waals surface area contributed by atoms with Gasteiger partial charge in [-0.1, -0.05) is 157 Å². The Morgan fingerprint density at radius 3 is 1.36 bits per heavy atom. The van der Waals surface area contributed by atoms with Gasteiger partial charge in [0.05, 0.1) is 5.69 Å². The molecule has 0 fully saturated rings. The maximum atomic E-state index is 4.94. The van der Waals surface area contributed by atoms with Gasteiger partial charge in [0.25, 0.3) is 0 Å². The summed E-state index contributed by atoms with van der Waals surface area (Å²) in [4.78, 5) is 10.1. The van der Waals surface area contributed by atoms with Gasteiger partial charge in [-0.2, -0.15) is 0 Å². The van der Waals surface area contributed by atoms with Crippen molar-refractivity contribution in [2.75, 3.05) is 39.3 Å². The van der Waals surface area contributed by atoms with Crippen molar-refractivity contribution in [3.8, 4) is 44.6 Å². The Balaban J connectivity index is 1.33. The summed E-state index contributed by atoms with van der Waals surface area (Å²) in [5, 5.41) is 0. The van der Waals surface area contributed by atoms with Gasteiger partial charge >= 0.3 is 0 Å². The molecule has 53 heavy (non-hydrogen) atoms. The fourth-order valence-electron chi connectivity index (χ4n) is 8.80. The number of fused-ring (bicyclic) bond motifs is 3. The molecule has 4 aromatic carbocycles. The van der Waals surface area contributed by atoms with Crippen LogP contribution in [0.25, 0.3) is 44.6 Å². The standard InChI is InChI=1S/C50H63N3/c1-5-52(6-2)35-21-11-9-19-33-50(34-20-10-12-22-36-53(7-3)8-4)47-37-42(40-23-15-13-16-24-40)27-30-45(47)46-31-28-43(38-48(46)50)44-29-32-49(51-39-44)41-25-17-14-18-26-41/h13-18,23-32,37-39H,5-12,19-22,33-36H2,1-4H3. The lowest BCUT2D eigenvalue weighted by Crippen LogP contribution is -2.26. The van der Waals surface area contributed by atoms with Crippen LogP contribution in [0.3, 0.4) is 0 Å². The van der Waals surface area contributed by atoms with Crippen molar-refractivity contribution < 1.29 is 0 Å². The summed E-state index contributed by atoms with van der Waals surface area (Å²) in [5.41, 5.74) is 13.2. The van der Waals surface area contributed by atoms with Gasteiger partial charge in [-0.05, 0) is 122 Å². The molecular formula is C50H63N3. The Labute approximate surface area is 321 Å². The van der Waals surface area contributed by atoms with Crippen LogP contribution in [-0.4, -0.2) is 54.1 Å². The van der Waals surface area contributed by atoms with E-state index in [2.05, 4.69) is 153 Å². The smallest absolute Gasteiger partial charge is 0.0702 e. The highest BCUT2D eigenvalue weighted by atomic mass is 15.1. The summed E-state index contributed by atoms with van der Waals surface area (Å²) >= 11 is 0. The highest BCUT2D eigenvalue weighted by molar-refractivity contribution is 5.86. The van der Waals surface area contributed by atoms with Crippen LogP contribution in [0.5, 0.6) is 0 Å². The summed E-state index contributed by atoms with van der Waals surface area (Å²) in [5.74, 6) is 0. The lowest BCUT2D eigenvalue weighted by molar-refractivity contribution is 0.292. The Morgan fingerprint density at radius 2 is 0.887 bits per heavy atom. The van der Waals surface area contributed by atoms with Crippen molar-refractivity contribution in [3.05, 3.63) is 127 Å². The predicted molar refractivity (Wildman–Crippen MR) is 229 cm³/mol. The van der Waals surface area contributed by atoms with Crippen molar-refractivity contribution in [2.45, 2.75) is 97.3 Å². The number of hydrogen-bond donors (Lipinski definition) is 0. The zero-order valence-corrected chi connectivity index (χ0v) is 33.1. The maximum Gasteiger partial charge on any atom is 0.0702 e. The van der Waals surface area contributed by atoms with E-state index in [9.17, 15) is 0 Å². The van der Waals surface area contributed by atoms with E-state index in [0.717, 1.165) is 37.4 Å². The van der Waals surface area contributed by atoms with Gasteiger partial charge < -0.3 is 9.80 Å². The van der Waals surface area contributed by atoms with E-state index < -0.39 is 0 Å². The fraction of sp³-hybridized carbons (Fsp3) is 0.420. The first-order chi connectivity index (χ1) is 26.1. The summed E-state index contributed by atoms with van der Waals surface area (Å²) in [6.45, 7) is 16.2. The minimum Gasteiger partial charge on any atom is -0.304 e. The number of aromatic nitrogens is 1. The Morgan fingerprint density at radius 1 is 0.434 bits per heavy atom. The monoisotopic (exact) mass is 706 g/mol. The van der Waals surface area contributed by atoms with Crippen molar-refractivity contribution in [1.29, 1.82) is 0 Å². The number of benzene rings is 4. The summed E-state index contributed by atoms with van der Waals surface area (Å²) in [6, 6.07) is 40.6. The van der Waals surface area contributed by atoms with Crippen LogP contribution >= 0.6 is 0 Å². The predicted octanol–water partition coefficient (Wildman–Crippen LogP) is 12.9. The molecule has 0 aliphatic heterocycles. The molecule has 278 valence electrons. The van der Waals surface area contributed by atoms with E-state index in [-0.39, 0.29) is 5.41 Å². The number of hydrogen-bond acceptors (Lipinski definition) is 3. The summed E-state index contributed by atoms with van der Waals surface area (Å²) in [7, 11) is 0. The molecule has 1 aromatic heterocycles. The van der Waals surface area contributed by atoms with Crippen LogP contribution in [-0.2, 0) is 5.41 Å². The largest absolute Gasteiger partial charge is 0.304 e. The quantitative estimate of drug-likeness (QED) is 0.0709. The molecule has 0 saturated heterocycles. The summed E-state index contributed by atoms with van der Waals surface area (Å²) in [6.07, 6.45) is 14.8. The Kier molecular flexibility index (Phi) is 14.1. The molecule has 0 unspecified atom stereocenters. The van der Waals surface area contributed by atoms with Crippen LogP contribution in [0.2, 0.25) is 0 Å². The zero-order valence-electron chi connectivity index (χ0n) is 33.1. The maximum absolute atomic E-state index is 4.94. The highest BCUT2D eigenvalue weighted by Gasteiger charge is 2.42. The van der Waals surface area contributed by atoms with Gasteiger partial charge in [-0.25, -0.2) is 0 Å². The van der Waals surface area contributed by atoms with Crippen LogP contribution < -0.4 is 0 Å². The lowest BCUT2D eigenvalue weighted by Gasteiger charge is -2.33. The second-order valence-corrected chi connectivity index (χ2v) is 15.1. The average Bonchev–Trinajstić information content (AvgIpc) is 3.49. The molecule has 0 spiro atoms. The molecule has 3 nitrogen and oxygen atoms in total. The number of nitrogens with zero attached hydrogens (tertiary/aromatic N) is 3. The molecule has 0 atom stereocenters. The van der Waals surface area contributed by atoms with Crippen LogP contribution in [0.4, 0.5) is 0 Å². The molecule has 0 radical (unpaired) electrons. The molecule has 1 heterocycles. The molecule has 0 saturated carbocycles. The van der Waals surface area contributed by atoms with E-state index in [0.29, 0.717) is 0 Å². The molecule has 1 aliphatic carbocycles. The third-order valence-electron chi connectivity index (χ3n) is 12.1. The normalized spacial score (nSPS) is 13.1. The number of unbranched alkanes of at least 4 members (excludes halogenated alkanes) is 6. The Bertz CT molecular complexity index is 1800. The van der Waals surface area contributed by atoms with Gasteiger partial charge in [0.2, 0.25) is 0 Å². The SMILES string of the molecule is CCN(CC)CCCCCCC1(CCCCCCN(CC)CC)c2cc(-c3ccccc3)ccc2-c2ccc(-c3ccc(-c4ccccc4)nc3)cc21. The van der Waals surface area contributed by atoms with Crippen LogP contribution in [0.15, 0.2) is 115 Å². The molecule has 5 aromatic rings. The van der Waals surface area contributed by atoms with Gasteiger partial charge in [-0.15, -0.1) is 0 Å².